The normalized spacial score (nSPS) is 10.7. The van der Waals surface area contributed by atoms with E-state index in [0.29, 0.717) is 21.9 Å². The zero-order chi connectivity index (χ0) is 15.4. The molecule has 0 aliphatic heterocycles. The van der Waals surface area contributed by atoms with Crippen LogP contribution in [0.25, 0.3) is 0 Å². The minimum Gasteiger partial charge on any atom is -0.462 e. The molecule has 0 saturated heterocycles. The Balaban J connectivity index is 2.16. The van der Waals surface area contributed by atoms with E-state index in [1.165, 1.54) is 30.1 Å². The van der Waals surface area contributed by atoms with E-state index in [-0.39, 0.29) is 6.61 Å². The highest BCUT2D eigenvalue weighted by molar-refractivity contribution is 7.98. The topological polar surface area (TPSA) is 44.1 Å². The molecule has 1 aromatic heterocycles. The number of rotatable bonds is 5. The van der Waals surface area contributed by atoms with E-state index in [9.17, 15) is 13.6 Å². The fourth-order valence-corrected chi connectivity index (χ4v) is 2.75. The van der Waals surface area contributed by atoms with Crippen molar-refractivity contribution in [3.05, 3.63) is 47.3 Å². The van der Waals surface area contributed by atoms with E-state index >= 15 is 0 Å². The second kappa shape index (κ2) is 6.71. The maximum absolute atomic E-state index is 13.6. The molecule has 4 nitrogen and oxygen atoms in total. The van der Waals surface area contributed by atoms with Gasteiger partial charge >= 0.3 is 5.97 Å². The minimum atomic E-state index is -0.625. The van der Waals surface area contributed by atoms with Crippen LogP contribution < -0.4 is 0 Å². The lowest BCUT2D eigenvalue weighted by atomic mass is 10.3. The summed E-state index contributed by atoms with van der Waals surface area (Å²) in [6.07, 6.45) is 1.43. The van der Waals surface area contributed by atoms with Crippen molar-refractivity contribution in [3.63, 3.8) is 0 Å². The minimum absolute atomic E-state index is 0.271. The standard InChI is InChI=1S/C14H14F2N2O2S/c1-3-20-14(19)10-7-17-18(2)12(10)8-21-13-5-4-9(15)6-11(13)16/h4-7H,3,8H2,1-2H3. The average molecular weight is 312 g/mol. The van der Waals surface area contributed by atoms with Crippen molar-refractivity contribution >= 4 is 17.7 Å². The predicted octanol–water partition coefficient (Wildman–Crippen LogP) is 3.17. The molecule has 0 fully saturated rings. The number of carbonyl (C=O) groups excluding carboxylic acids is 1. The van der Waals surface area contributed by atoms with E-state index in [1.54, 1.807) is 18.7 Å². The maximum atomic E-state index is 13.6. The van der Waals surface area contributed by atoms with Gasteiger partial charge in [0.15, 0.2) is 0 Å². The highest BCUT2D eigenvalue weighted by Gasteiger charge is 2.17. The van der Waals surface area contributed by atoms with Crippen molar-refractivity contribution in [1.29, 1.82) is 0 Å². The SMILES string of the molecule is CCOC(=O)c1cnn(C)c1CSc1ccc(F)cc1F. The molecule has 0 aliphatic rings. The lowest BCUT2D eigenvalue weighted by Crippen LogP contribution is -2.08. The molecular weight excluding hydrogens is 298 g/mol. The quantitative estimate of drug-likeness (QED) is 0.628. The fraction of sp³-hybridized carbons (Fsp3) is 0.286. The lowest BCUT2D eigenvalue weighted by Gasteiger charge is -2.07. The van der Waals surface area contributed by atoms with Gasteiger partial charge in [-0.3, -0.25) is 4.68 Å². The number of thioether (sulfide) groups is 1. The first kappa shape index (κ1) is 15.5. The van der Waals surface area contributed by atoms with E-state index < -0.39 is 17.6 Å². The van der Waals surface area contributed by atoms with Gasteiger partial charge in [-0.05, 0) is 19.1 Å². The Morgan fingerprint density at radius 1 is 1.43 bits per heavy atom. The summed E-state index contributed by atoms with van der Waals surface area (Å²) in [5.74, 6) is -1.38. The number of nitrogens with zero attached hydrogens (tertiary/aromatic N) is 2. The Hall–Kier alpha value is -1.89. The van der Waals surface area contributed by atoms with Crippen LogP contribution in [0.4, 0.5) is 8.78 Å². The summed E-state index contributed by atoms with van der Waals surface area (Å²) >= 11 is 1.17. The third-order valence-corrected chi connectivity index (χ3v) is 3.88. The third-order valence-electron chi connectivity index (χ3n) is 2.82. The summed E-state index contributed by atoms with van der Waals surface area (Å²) in [6, 6.07) is 3.40. The van der Waals surface area contributed by atoms with Crippen LogP contribution in [0.2, 0.25) is 0 Å². The Morgan fingerprint density at radius 2 is 2.19 bits per heavy atom. The zero-order valence-electron chi connectivity index (χ0n) is 11.6. The monoisotopic (exact) mass is 312 g/mol. The van der Waals surface area contributed by atoms with Gasteiger partial charge in [0, 0.05) is 23.8 Å². The Morgan fingerprint density at radius 3 is 2.86 bits per heavy atom. The van der Waals surface area contributed by atoms with Crippen molar-refractivity contribution < 1.29 is 18.3 Å². The predicted molar refractivity (Wildman–Crippen MR) is 75.1 cm³/mol. The molecule has 0 saturated carbocycles. The number of hydrogen-bond donors (Lipinski definition) is 0. The number of aryl methyl sites for hydroxylation is 1. The molecule has 0 radical (unpaired) electrons. The maximum Gasteiger partial charge on any atom is 0.341 e. The molecule has 0 aliphatic carbocycles. The van der Waals surface area contributed by atoms with Gasteiger partial charge in [-0.2, -0.15) is 5.10 Å². The lowest BCUT2D eigenvalue weighted by molar-refractivity contribution is 0.0525. The van der Waals surface area contributed by atoms with Crippen molar-refractivity contribution in [2.75, 3.05) is 6.61 Å². The Bertz CT molecular complexity index is 658. The van der Waals surface area contributed by atoms with Gasteiger partial charge in [0.1, 0.15) is 17.2 Å². The van der Waals surface area contributed by atoms with Crippen molar-refractivity contribution in [1.82, 2.24) is 9.78 Å². The second-order valence-corrected chi connectivity index (χ2v) is 5.23. The van der Waals surface area contributed by atoms with Crippen molar-refractivity contribution in [2.45, 2.75) is 17.6 Å². The van der Waals surface area contributed by atoms with Crippen LogP contribution in [0.5, 0.6) is 0 Å². The average Bonchev–Trinajstić information content (AvgIpc) is 2.79. The molecule has 112 valence electrons. The first-order valence-electron chi connectivity index (χ1n) is 6.28. The van der Waals surface area contributed by atoms with Crippen LogP contribution in [0, 0.1) is 11.6 Å². The number of ether oxygens (including phenoxy) is 1. The summed E-state index contributed by atoms with van der Waals surface area (Å²) < 4.78 is 32.9. The molecule has 1 heterocycles. The zero-order valence-corrected chi connectivity index (χ0v) is 12.4. The highest BCUT2D eigenvalue weighted by Crippen LogP contribution is 2.27. The molecule has 2 rings (SSSR count). The Kier molecular flexibility index (Phi) is 4.95. The smallest absolute Gasteiger partial charge is 0.341 e. The molecular formula is C14H14F2N2O2S. The molecule has 7 heteroatoms. The molecule has 0 spiro atoms. The van der Waals surface area contributed by atoms with Crippen LogP contribution >= 0.6 is 11.8 Å². The third kappa shape index (κ3) is 3.60. The Labute approximate surface area is 125 Å². The van der Waals surface area contributed by atoms with Crippen LogP contribution in [-0.4, -0.2) is 22.4 Å². The van der Waals surface area contributed by atoms with E-state index in [4.69, 9.17) is 4.74 Å². The van der Waals surface area contributed by atoms with Gasteiger partial charge in [0.05, 0.1) is 18.5 Å². The summed E-state index contributed by atoms with van der Waals surface area (Å²) in [7, 11) is 1.69. The van der Waals surface area contributed by atoms with Gasteiger partial charge in [-0.25, -0.2) is 13.6 Å². The first-order chi connectivity index (χ1) is 10.0. The molecule has 2 aromatic rings. The van der Waals surface area contributed by atoms with Crippen molar-refractivity contribution in [3.8, 4) is 0 Å². The van der Waals surface area contributed by atoms with Crippen LogP contribution in [0.1, 0.15) is 23.0 Å². The molecule has 0 amide bonds. The van der Waals surface area contributed by atoms with Crippen LogP contribution in [0.15, 0.2) is 29.3 Å². The van der Waals surface area contributed by atoms with Gasteiger partial charge in [-0.15, -0.1) is 11.8 Å². The van der Waals surface area contributed by atoms with E-state index in [0.717, 1.165) is 6.07 Å². The molecule has 0 bridgehead atoms. The van der Waals surface area contributed by atoms with Crippen LogP contribution in [-0.2, 0) is 17.5 Å². The summed E-state index contributed by atoms with van der Waals surface area (Å²) in [6.45, 7) is 1.99. The summed E-state index contributed by atoms with van der Waals surface area (Å²) in [4.78, 5) is 12.1. The number of carbonyl (C=O) groups is 1. The van der Waals surface area contributed by atoms with Gasteiger partial charge in [0.25, 0.3) is 0 Å². The first-order valence-corrected chi connectivity index (χ1v) is 7.27. The fourth-order valence-electron chi connectivity index (χ4n) is 1.75. The molecule has 0 unspecified atom stereocenters. The van der Waals surface area contributed by atoms with Crippen LogP contribution in [0.3, 0.4) is 0 Å². The molecule has 0 atom stereocenters. The van der Waals surface area contributed by atoms with E-state index in [2.05, 4.69) is 5.10 Å². The number of halogens is 2. The number of esters is 1. The molecule has 21 heavy (non-hydrogen) atoms. The van der Waals surface area contributed by atoms with E-state index in [1.807, 2.05) is 0 Å². The molecule has 0 N–H and O–H groups in total. The highest BCUT2D eigenvalue weighted by atomic mass is 32.2. The summed E-state index contributed by atoms with van der Waals surface area (Å²) in [5.41, 5.74) is 0.983. The number of benzene rings is 1. The molecule has 1 aromatic carbocycles. The van der Waals surface area contributed by atoms with Gasteiger partial charge in [0.2, 0.25) is 0 Å². The second-order valence-electron chi connectivity index (χ2n) is 4.21. The summed E-state index contributed by atoms with van der Waals surface area (Å²) in [5, 5.41) is 4.02. The van der Waals surface area contributed by atoms with Crippen molar-refractivity contribution in [2.24, 2.45) is 7.05 Å². The van der Waals surface area contributed by atoms with Gasteiger partial charge < -0.3 is 4.74 Å². The number of hydrogen-bond acceptors (Lipinski definition) is 4. The number of aromatic nitrogens is 2. The largest absolute Gasteiger partial charge is 0.462 e. The van der Waals surface area contributed by atoms with Gasteiger partial charge in [-0.1, -0.05) is 0 Å².